The normalized spacial score (nSPS) is 12.5. The molecular weight excluding hydrogens is 877 g/mol. The van der Waals surface area contributed by atoms with E-state index >= 15 is 0 Å². The van der Waals surface area contributed by atoms with Crippen LogP contribution < -0.4 is 4.74 Å². The van der Waals surface area contributed by atoms with Crippen molar-refractivity contribution in [3.63, 3.8) is 0 Å². The van der Waals surface area contributed by atoms with Crippen molar-refractivity contribution in [1.29, 1.82) is 0 Å². The summed E-state index contributed by atoms with van der Waals surface area (Å²) in [7, 11) is 0. The van der Waals surface area contributed by atoms with E-state index in [0.717, 1.165) is 78.1 Å². The second kappa shape index (κ2) is 28.7. The third-order valence-electron chi connectivity index (χ3n) is 11.5. The predicted octanol–water partition coefficient (Wildman–Crippen LogP) is 10.3. The first-order valence-electron chi connectivity index (χ1n) is 23.6. The molecule has 0 aromatic heterocycles. The molecule has 3 N–H and O–H groups in total. The second-order valence-corrected chi connectivity index (χ2v) is 18.3. The van der Waals surface area contributed by atoms with E-state index < -0.39 is 23.9 Å². The fourth-order valence-corrected chi connectivity index (χ4v) is 8.09. The Bertz CT molecular complexity index is 2300. The van der Waals surface area contributed by atoms with Crippen molar-refractivity contribution in [3.8, 4) is 11.5 Å². The van der Waals surface area contributed by atoms with Gasteiger partial charge in [0.1, 0.15) is 24.7 Å². The zero-order valence-corrected chi connectivity index (χ0v) is 41.8. The Kier molecular flexibility index (Phi) is 23.6. The summed E-state index contributed by atoms with van der Waals surface area (Å²) in [6, 6.07) is 32.3. The van der Waals surface area contributed by atoms with E-state index in [1.54, 1.807) is 38.1 Å². The largest absolute Gasteiger partial charge is 0.508 e. The standard InChI is InChI=1S/C30H39NO6.C26H33NO5/c1-20(2)30(35)37-27-13-12-23(19-36-29(34)15-14-28(32)33)18-26(27)25(24-10-8-7-9-11-24)16-17-31(21(3)4)22(5)6;1-18(2)27(19(3)4)15-14-22(21-8-6-5-7-9-21)23-16-20(10-11-24(23)28)17-32-26(31)13-12-25(29)30/h7-15,18,20-22,25H,16-17,19H2,1-6H3,(H,32,33);5-13,16,18-19,22,28H,14-15,17H2,1-4H3,(H,29,30)/b15-14+;13-12+/t25-;22-/m11/s1. The fraction of sp³-hybridized carbons (Fsp3) is 0.411. The molecule has 0 aliphatic rings. The molecule has 4 aromatic carbocycles. The van der Waals surface area contributed by atoms with Gasteiger partial charge in [0, 0.05) is 71.4 Å². The van der Waals surface area contributed by atoms with Crippen molar-refractivity contribution in [2.75, 3.05) is 13.1 Å². The molecule has 0 spiro atoms. The van der Waals surface area contributed by atoms with Gasteiger partial charge in [0.25, 0.3) is 0 Å². The lowest BCUT2D eigenvalue weighted by Gasteiger charge is -2.32. The van der Waals surface area contributed by atoms with E-state index in [1.165, 1.54) is 0 Å². The molecule has 0 radical (unpaired) electrons. The van der Waals surface area contributed by atoms with Crippen LogP contribution in [0.1, 0.15) is 127 Å². The number of hydrogen-bond acceptors (Lipinski definition) is 11. The van der Waals surface area contributed by atoms with Crippen LogP contribution in [-0.2, 0) is 46.7 Å². The molecule has 0 saturated carbocycles. The Morgan fingerprint density at radius 3 is 1.30 bits per heavy atom. The zero-order chi connectivity index (χ0) is 51.2. The highest BCUT2D eigenvalue weighted by molar-refractivity contribution is 5.91. The summed E-state index contributed by atoms with van der Waals surface area (Å²) in [5.74, 6) is -3.95. The smallest absolute Gasteiger partial charge is 0.331 e. The molecule has 0 aliphatic carbocycles. The molecule has 372 valence electrons. The number of hydrogen-bond donors (Lipinski definition) is 3. The van der Waals surface area contributed by atoms with Gasteiger partial charge in [0.2, 0.25) is 0 Å². The van der Waals surface area contributed by atoms with Crippen molar-refractivity contribution >= 4 is 29.8 Å². The van der Waals surface area contributed by atoms with Crippen LogP contribution in [0.25, 0.3) is 0 Å². The van der Waals surface area contributed by atoms with Crippen LogP contribution in [0.4, 0.5) is 0 Å². The van der Waals surface area contributed by atoms with Crippen molar-refractivity contribution in [2.45, 2.75) is 131 Å². The van der Waals surface area contributed by atoms with E-state index in [0.29, 0.717) is 35.5 Å². The van der Waals surface area contributed by atoms with Crippen molar-refractivity contribution < 1.29 is 53.5 Å². The maximum absolute atomic E-state index is 12.5. The van der Waals surface area contributed by atoms with Crippen molar-refractivity contribution in [2.24, 2.45) is 5.92 Å². The highest BCUT2D eigenvalue weighted by Gasteiger charge is 2.25. The van der Waals surface area contributed by atoms with Gasteiger partial charge in [-0.25, -0.2) is 19.2 Å². The number of nitrogens with zero attached hydrogens (tertiary/aromatic N) is 2. The summed E-state index contributed by atoms with van der Waals surface area (Å²) in [5.41, 5.74) is 5.24. The average Bonchev–Trinajstić information content (AvgIpc) is 3.30. The first-order valence-corrected chi connectivity index (χ1v) is 23.6. The molecule has 0 saturated heterocycles. The molecule has 0 bridgehead atoms. The number of phenols is 1. The lowest BCUT2D eigenvalue weighted by Crippen LogP contribution is -2.38. The number of aromatic hydroxyl groups is 1. The van der Waals surface area contributed by atoms with Gasteiger partial charge in [-0.1, -0.05) is 86.6 Å². The molecule has 0 unspecified atom stereocenters. The first kappa shape index (κ1) is 56.8. The van der Waals surface area contributed by atoms with Crippen LogP contribution >= 0.6 is 0 Å². The Balaban J connectivity index is 0.000000369. The molecule has 4 rings (SSSR count). The minimum absolute atomic E-state index is 0.0122. The van der Waals surface area contributed by atoms with Gasteiger partial charge in [0.05, 0.1) is 5.92 Å². The molecule has 0 heterocycles. The summed E-state index contributed by atoms with van der Waals surface area (Å²) in [6.07, 6.45) is 4.84. The number of aliphatic carboxylic acids is 2. The number of ether oxygens (including phenoxy) is 3. The molecule has 0 amide bonds. The summed E-state index contributed by atoms with van der Waals surface area (Å²) >= 11 is 0. The number of benzene rings is 4. The van der Waals surface area contributed by atoms with Gasteiger partial charge in [-0.15, -0.1) is 0 Å². The molecule has 2 atom stereocenters. The number of carbonyl (C=O) groups excluding carboxylic acids is 3. The third kappa shape index (κ3) is 19.5. The van der Waals surface area contributed by atoms with Crippen LogP contribution in [0.2, 0.25) is 0 Å². The van der Waals surface area contributed by atoms with Gasteiger partial charge < -0.3 is 29.5 Å². The summed E-state index contributed by atoms with van der Waals surface area (Å²) < 4.78 is 16.2. The van der Waals surface area contributed by atoms with Crippen LogP contribution in [0.15, 0.2) is 121 Å². The number of carboxylic acids is 2. The fourth-order valence-electron chi connectivity index (χ4n) is 8.09. The van der Waals surface area contributed by atoms with Gasteiger partial charge in [-0.05, 0) is 128 Å². The molecule has 4 aromatic rings. The van der Waals surface area contributed by atoms with Crippen LogP contribution in [0.5, 0.6) is 11.5 Å². The minimum Gasteiger partial charge on any atom is -0.508 e. The molecule has 69 heavy (non-hydrogen) atoms. The maximum atomic E-state index is 12.5. The molecule has 13 heteroatoms. The van der Waals surface area contributed by atoms with E-state index in [1.807, 2.05) is 48.5 Å². The van der Waals surface area contributed by atoms with Crippen LogP contribution in [-0.4, -0.2) is 92.2 Å². The molecule has 0 fully saturated rings. The van der Waals surface area contributed by atoms with Crippen LogP contribution in [0.3, 0.4) is 0 Å². The number of carboxylic acid groups (broad SMARTS) is 2. The Morgan fingerprint density at radius 1 is 0.522 bits per heavy atom. The summed E-state index contributed by atoms with van der Waals surface area (Å²) in [5, 5.41) is 28.0. The van der Waals surface area contributed by atoms with Gasteiger partial charge in [-0.3, -0.25) is 14.6 Å². The number of rotatable bonds is 24. The van der Waals surface area contributed by atoms with Crippen molar-refractivity contribution in [3.05, 3.63) is 155 Å². The lowest BCUT2D eigenvalue weighted by atomic mass is 9.86. The lowest BCUT2D eigenvalue weighted by molar-refractivity contribution is -0.140. The van der Waals surface area contributed by atoms with Gasteiger partial charge in [0.15, 0.2) is 0 Å². The Labute approximate surface area is 408 Å². The Hall–Kier alpha value is -6.57. The van der Waals surface area contributed by atoms with Crippen molar-refractivity contribution in [1.82, 2.24) is 9.80 Å². The molecular formula is C56H72N2O11. The number of phenolic OH excluding ortho intramolecular Hbond substituents is 1. The average molecular weight is 949 g/mol. The second-order valence-electron chi connectivity index (χ2n) is 18.3. The monoisotopic (exact) mass is 949 g/mol. The summed E-state index contributed by atoms with van der Waals surface area (Å²) in [6.45, 7) is 22.7. The molecule has 0 aliphatic heterocycles. The SMILES string of the molecule is CC(C)C(=O)Oc1ccc(COC(=O)/C=C/C(=O)O)cc1[C@H](CCN(C(C)C)C(C)C)c1ccccc1.CC(C)N(CC[C@H](c1ccccc1)c1cc(COC(=O)/C=C/C(=O)O)ccc1O)C(C)C. The molecule has 13 nitrogen and oxygen atoms in total. The van der Waals surface area contributed by atoms with E-state index in [4.69, 9.17) is 24.4 Å². The van der Waals surface area contributed by atoms with Crippen LogP contribution in [0, 0.1) is 5.92 Å². The summed E-state index contributed by atoms with van der Waals surface area (Å²) in [4.78, 5) is 62.2. The van der Waals surface area contributed by atoms with E-state index in [2.05, 4.69) is 89.5 Å². The highest BCUT2D eigenvalue weighted by Crippen LogP contribution is 2.37. The Morgan fingerprint density at radius 2 is 0.913 bits per heavy atom. The van der Waals surface area contributed by atoms with E-state index in [9.17, 15) is 29.1 Å². The zero-order valence-electron chi connectivity index (χ0n) is 41.8. The predicted molar refractivity (Wildman–Crippen MR) is 268 cm³/mol. The van der Waals surface area contributed by atoms with Gasteiger partial charge in [-0.2, -0.15) is 0 Å². The third-order valence-corrected chi connectivity index (χ3v) is 11.5. The maximum Gasteiger partial charge on any atom is 0.331 e. The number of carbonyl (C=O) groups is 5. The highest BCUT2D eigenvalue weighted by atomic mass is 16.5. The first-order chi connectivity index (χ1) is 32.7. The quantitative estimate of drug-likeness (QED) is 0.0343. The minimum atomic E-state index is -1.22. The van der Waals surface area contributed by atoms with E-state index in [-0.39, 0.29) is 42.7 Å². The van der Waals surface area contributed by atoms with Gasteiger partial charge >= 0.3 is 29.8 Å². The topological polar surface area (TPSA) is 180 Å². The number of esters is 3.